The van der Waals surface area contributed by atoms with Gasteiger partial charge < -0.3 is 15.4 Å². The maximum absolute atomic E-state index is 12.7. The summed E-state index contributed by atoms with van der Waals surface area (Å²) < 4.78 is 6.48. The van der Waals surface area contributed by atoms with Crippen molar-refractivity contribution in [1.82, 2.24) is 5.32 Å². The Morgan fingerprint density at radius 3 is 2.79 bits per heavy atom. The highest BCUT2D eigenvalue weighted by Gasteiger charge is 2.19. The van der Waals surface area contributed by atoms with Crippen molar-refractivity contribution in [2.24, 2.45) is 0 Å². The van der Waals surface area contributed by atoms with Crippen molar-refractivity contribution >= 4 is 50.5 Å². The highest BCUT2D eigenvalue weighted by atomic mass is 35.5. The molecular weight excluding hydrogens is 396 g/mol. The third-order valence-electron chi connectivity index (χ3n) is 4.64. The first kappa shape index (κ1) is 18.9. The highest BCUT2D eigenvalue weighted by Crippen LogP contribution is 2.35. The average Bonchev–Trinajstić information content (AvgIpc) is 3.35. The molecule has 1 saturated heterocycles. The molecule has 2 aromatic carbocycles. The van der Waals surface area contributed by atoms with Gasteiger partial charge in [-0.25, -0.2) is 0 Å². The van der Waals surface area contributed by atoms with Crippen molar-refractivity contribution in [2.75, 3.05) is 18.5 Å². The van der Waals surface area contributed by atoms with E-state index in [0.717, 1.165) is 29.5 Å². The van der Waals surface area contributed by atoms with Gasteiger partial charge in [-0.05, 0) is 37.1 Å². The van der Waals surface area contributed by atoms with Gasteiger partial charge in [-0.1, -0.05) is 35.9 Å². The van der Waals surface area contributed by atoms with E-state index in [9.17, 15) is 9.59 Å². The molecule has 1 aromatic heterocycles. The summed E-state index contributed by atoms with van der Waals surface area (Å²) in [4.78, 5) is 25.5. The van der Waals surface area contributed by atoms with Crippen LogP contribution in [0.2, 0.25) is 5.02 Å². The van der Waals surface area contributed by atoms with Crippen LogP contribution in [-0.2, 0) is 4.74 Å². The van der Waals surface area contributed by atoms with Gasteiger partial charge in [0.15, 0.2) is 0 Å². The van der Waals surface area contributed by atoms with E-state index in [2.05, 4.69) is 10.6 Å². The number of hydrogen-bond acceptors (Lipinski definition) is 4. The molecule has 0 spiro atoms. The molecule has 3 aromatic rings. The van der Waals surface area contributed by atoms with Gasteiger partial charge in [0.05, 0.1) is 11.1 Å². The zero-order valence-electron chi connectivity index (χ0n) is 15.0. The van der Waals surface area contributed by atoms with Crippen LogP contribution in [0.25, 0.3) is 10.1 Å². The molecule has 1 aliphatic heterocycles. The van der Waals surface area contributed by atoms with E-state index >= 15 is 0 Å². The zero-order valence-corrected chi connectivity index (χ0v) is 16.6. The Hall–Kier alpha value is -2.41. The summed E-state index contributed by atoms with van der Waals surface area (Å²) >= 11 is 7.72. The van der Waals surface area contributed by atoms with E-state index in [1.807, 2.05) is 24.3 Å². The van der Waals surface area contributed by atoms with Crippen molar-refractivity contribution in [3.8, 4) is 0 Å². The summed E-state index contributed by atoms with van der Waals surface area (Å²) in [7, 11) is 0. The fourth-order valence-electron chi connectivity index (χ4n) is 3.20. The maximum atomic E-state index is 12.7. The number of nitrogens with one attached hydrogen (secondary N) is 2. The lowest BCUT2D eigenvalue weighted by atomic mass is 10.1. The number of rotatable bonds is 5. The van der Waals surface area contributed by atoms with E-state index in [4.69, 9.17) is 16.3 Å². The van der Waals surface area contributed by atoms with Crippen LogP contribution in [-0.4, -0.2) is 31.1 Å². The van der Waals surface area contributed by atoms with Crippen LogP contribution in [0.15, 0.2) is 48.5 Å². The Bertz CT molecular complexity index is 1030. The zero-order chi connectivity index (χ0) is 19.5. The molecule has 144 valence electrons. The number of ether oxygens (including phenoxy) is 1. The predicted octanol–water partition coefficient (Wildman–Crippen LogP) is 4.72. The summed E-state index contributed by atoms with van der Waals surface area (Å²) in [5, 5.41) is 7.03. The number of hydrogen-bond donors (Lipinski definition) is 2. The number of halogens is 1. The van der Waals surface area contributed by atoms with Crippen molar-refractivity contribution in [3.63, 3.8) is 0 Å². The molecule has 0 saturated carbocycles. The molecule has 7 heteroatoms. The topological polar surface area (TPSA) is 67.4 Å². The van der Waals surface area contributed by atoms with Gasteiger partial charge in [-0.3, -0.25) is 9.59 Å². The van der Waals surface area contributed by atoms with Gasteiger partial charge in [-0.15, -0.1) is 11.3 Å². The smallest absolute Gasteiger partial charge is 0.267 e. The lowest BCUT2D eigenvalue weighted by Crippen LogP contribution is -2.31. The third-order valence-corrected chi connectivity index (χ3v) is 6.31. The predicted molar refractivity (Wildman–Crippen MR) is 113 cm³/mol. The van der Waals surface area contributed by atoms with E-state index in [1.165, 1.54) is 11.3 Å². The first-order chi connectivity index (χ1) is 13.6. The van der Waals surface area contributed by atoms with Gasteiger partial charge in [0.25, 0.3) is 11.8 Å². The van der Waals surface area contributed by atoms with Gasteiger partial charge in [-0.2, -0.15) is 0 Å². The lowest BCUT2D eigenvalue weighted by molar-refractivity contribution is 0.0857. The summed E-state index contributed by atoms with van der Waals surface area (Å²) in [6.45, 7) is 1.25. The number of anilines is 1. The van der Waals surface area contributed by atoms with E-state index in [1.54, 1.807) is 24.3 Å². The van der Waals surface area contributed by atoms with Crippen LogP contribution >= 0.6 is 22.9 Å². The summed E-state index contributed by atoms with van der Waals surface area (Å²) in [6, 6.07) is 14.5. The second kappa shape index (κ2) is 8.31. The Labute approximate surface area is 171 Å². The van der Waals surface area contributed by atoms with Gasteiger partial charge in [0.1, 0.15) is 4.88 Å². The van der Waals surface area contributed by atoms with Crippen molar-refractivity contribution in [3.05, 3.63) is 64.0 Å². The SMILES string of the molecule is O=C(NC[C@H]1CCCO1)c1cccc(NC(=O)c2sc3ccccc3c2Cl)c1. The summed E-state index contributed by atoms with van der Waals surface area (Å²) in [5.74, 6) is -0.477. The molecule has 0 bridgehead atoms. The molecule has 1 aliphatic rings. The van der Waals surface area contributed by atoms with E-state index in [0.29, 0.717) is 27.7 Å². The number of thiophene rings is 1. The van der Waals surface area contributed by atoms with E-state index < -0.39 is 0 Å². The molecule has 0 unspecified atom stereocenters. The monoisotopic (exact) mass is 414 g/mol. The lowest BCUT2D eigenvalue weighted by Gasteiger charge is -2.11. The first-order valence-corrected chi connectivity index (χ1v) is 10.3. The minimum absolute atomic E-state index is 0.0851. The normalized spacial score (nSPS) is 16.2. The second-order valence-electron chi connectivity index (χ2n) is 6.62. The summed E-state index contributed by atoms with van der Waals surface area (Å²) in [6.07, 6.45) is 2.08. The molecule has 1 fully saturated rings. The molecule has 2 N–H and O–H groups in total. The third kappa shape index (κ3) is 4.04. The average molecular weight is 415 g/mol. The quantitative estimate of drug-likeness (QED) is 0.635. The van der Waals surface area contributed by atoms with Gasteiger partial charge in [0, 0.05) is 34.5 Å². The molecule has 2 heterocycles. The minimum Gasteiger partial charge on any atom is -0.376 e. The largest absolute Gasteiger partial charge is 0.376 e. The standard InChI is InChI=1S/C21H19ClN2O3S/c22-18-16-8-1-2-9-17(16)28-19(18)21(26)24-14-6-3-5-13(11-14)20(25)23-12-15-7-4-10-27-15/h1-3,5-6,8-9,11,15H,4,7,10,12H2,(H,23,25)(H,24,26)/t15-/m1/s1. The second-order valence-corrected chi connectivity index (χ2v) is 8.05. The Balaban J connectivity index is 1.45. The molecule has 28 heavy (non-hydrogen) atoms. The molecule has 0 aliphatic carbocycles. The molecule has 5 nitrogen and oxygen atoms in total. The number of carbonyl (C=O) groups is 2. The summed E-state index contributed by atoms with van der Waals surface area (Å²) in [5.41, 5.74) is 1.03. The first-order valence-electron chi connectivity index (χ1n) is 9.10. The highest BCUT2D eigenvalue weighted by molar-refractivity contribution is 7.21. The van der Waals surface area contributed by atoms with Crippen LogP contribution < -0.4 is 10.6 Å². The van der Waals surface area contributed by atoms with Crippen molar-refractivity contribution in [2.45, 2.75) is 18.9 Å². The molecule has 0 radical (unpaired) electrons. The van der Waals surface area contributed by atoms with Crippen LogP contribution in [0.4, 0.5) is 5.69 Å². The van der Waals surface area contributed by atoms with E-state index in [-0.39, 0.29) is 17.9 Å². The number of amides is 2. The maximum Gasteiger partial charge on any atom is 0.267 e. The van der Waals surface area contributed by atoms with Crippen LogP contribution in [0.1, 0.15) is 32.9 Å². The fraction of sp³-hybridized carbons (Fsp3) is 0.238. The van der Waals surface area contributed by atoms with Gasteiger partial charge >= 0.3 is 0 Å². The number of carbonyl (C=O) groups excluding carboxylic acids is 2. The Kier molecular flexibility index (Phi) is 5.62. The van der Waals surface area contributed by atoms with Crippen molar-refractivity contribution in [1.29, 1.82) is 0 Å². The molecular formula is C21H19ClN2O3S. The van der Waals surface area contributed by atoms with Crippen LogP contribution in [0, 0.1) is 0 Å². The van der Waals surface area contributed by atoms with Crippen LogP contribution in [0.3, 0.4) is 0 Å². The minimum atomic E-state index is -0.289. The number of benzene rings is 2. The van der Waals surface area contributed by atoms with Gasteiger partial charge in [0.2, 0.25) is 0 Å². The molecule has 2 amide bonds. The van der Waals surface area contributed by atoms with Crippen LogP contribution in [0.5, 0.6) is 0 Å². The van der Waals surface area contributed by atoms with Crippen molar-refractivity contribution < 1.29 is 14.3 Å². The molecule has 4 rings (SSSR count). The fourth-order valence-corrected chi connectivity index (χ4v) is 4.61. The Morgan fingerprint density at radius 2 is 2.00 bits per heavy atom. The Morgan fingerprint density at radius 1 is 1.14 bits per heavy atom. The molecule has 1 atom stereocenters. The number of fused-ring (bicyclic) bond motifs is 1.